The Labute approximate surface area is 153 Å². The van der Waals surface area contributed by atoms with Crippen LogP contribution in [-0.2, 0) is 18.2 Å². The Bertz CT molecular complexity index is 946. The maximum Gasteiger partial charge on any atom is 0.342 e. The summed E-state index contributed by atoms with van der Waals surface area (Å²) in [5.74, 6) is -0.478. The average molecular weight is 372 g/mol. The van der Waals surface area contributed by atoms with E-state index in [1.807, 2.05) is 6.92 Å². The zero-order chi connectivity index (χ0) is 18.7. The van der Waals surface area contributed by atoms with Gasteiger partial charge in [0.2, 0.25) is 0 Å². The number of benzene rings is 1. The molecule has 0 aliphatic heterocycles. The second-order valence-corrected chi connectivity index (χ2v) is 6.56. The first-order valence-corrected chi connectivity index (χ1v) is 8.68. The van der Waals surface area contributed by atoms with Crippen molar-refractivity contribution in [1.29, 1.82) is 0 Å². The molecule has 0 unspecified atom stereocenters. The third kappa shape index (κ3) is 3.77. The summed E-state index contributed by atoms with van der Waals surface area (Å²) in [6.45, 7) is 2.16. The van der Waals surface area contributed by atoms with Crippen LogP contribution in [-0.4, -0.2) is 32.3 Å². The van der Waals surface area contributed by atoms with Gasteiger partial charge in [-0.15, -0.1) is 11.3 Å². The quantitative estimate of drug-likeness (QED) is 0.374. The highest BCUT2D eigenvalue weighted by Gasteiger charge is 2.19. The lowest BCUT2D eigenvalue weighted by molar-refractivity contribution is -0.384. The lowest BCUT2D eigenvalue weighted by Gasteiger charge is -2.05. The minimum Gasteiger partial charge on any atom is -0.462 e. The first-order valence-electron chi connectivity index (χ1n) is 7.80. The number of rotatable bonds is 6. The number of esters is 1. The molecule has 0 aliphatic rings. The van der Waals surface area contributed by atoms with Gasteiger partial charge in [0.25, 0.3) is 5.69 Å². The average Bonchev–Trinajstić information content (AvgIpc) is 3.21. The molecule has 0 N–H and O–H groups in total. The van der Waals surface area contributed by atoms with Gasteiger partial charge in [-0.3, -0.25) is 14.8 Å². The molecule has 0 aliphatic carbocycles. The summed E-state index contributed by atoms with van der Waals surface area (Å²) in [7, 11) is 1.70. The number of non-ortho nitro benzene ring substituents is 1. The Hall–Kier alpha value is -3.07. The van der Waals surface area contributed by atoms with E-state index >= 15 is 0 Å². The fourth-order valence-electron chi connectivity index (χ4n) is 2.47. The predicted molar refractivity (Wildman–Crippen MR) is 96.1 cm³/mol. The number of hydrogen-bond donors (Lipinski definition) is 0. The van der Waals surface area contributed by atoms with Gasteiger partial charge >= 0.3 is 5.97 Å². The molecule has 2 heterocycles. The number of nitro benzene ring substituents is 1. The highest BCUT2D eigenvalue weighted by atomic mass is 32.1. The SMILES string of the molecule is Cc1ncsc1CCOC(=O)c1cn(C)nc1-c1ccc([N+](=O)[O-])cc1. The Morgan fingerprint density at radius 1 is 1.35 bits per heavy atom. The molecule has 1 aromatic carbocycles. The minimum absolute atomic E-state index is 0.0197. The summed E-state index contributed by atoms with van der Waals surface area (Å²) in [5.41, 5.74) is 4.05. The van der Waals surface area contributed by atoms with Crippen molar-refractivity contribution in [2.24, 2.45) is 7.05 Å². The van der Waals surface area contributed by atoms with Gasteiger partial charge in [0.1, 0.15) is 11.3 Å². The van der Waals surface area contributed by atoms with Gasteiger partial charge in [0, 0.05) is 42.2 Å². The Kier molecular flexibility index (Phi) is 5.08. The van der Waals surface area contributed by atoms with Crippen LogP contribution in [0, 0.1) is 17.0 Å². The van der Waals surface area contributed by atoms with E-state index < -0.39 is 10.9 Å². The third-order valence-corrected chi connectivity index (χ3v) is 4.80. The maximum atomic E-state index is 12.4. The van der Waals surface area contributed by atoms with Crippen LogP contribution in [0.25, 0.3) is 11.3 Å². The standard InChI is InChI=1S/C17H16N4O4S/c1-11-15(26-10-18-11)7-8-25-17(22)14-9-20(2)19-16(14)12-3-5-13(6-4-12)21(23)24/h3-6,9-10H,7-8H2,1-2H3. The van der Waals surface area contributed by atoms with Gasteiger partial charge in [-0.1, -0.05) is 0 Å². The van der Waals surface area contributed by atoms with E-state index in [9.17, 15) is 14.9 Å². The molecule has 0 bridgehead atoms. The van der Waals surface area contributed by atoms with Gasteiger partial charge in [-0.25, -0.2) is 9.78 Å². The second kappa shape index (κ2) is 7.44. The number of hydrogen-bond acceptors (Lipinski definition) is 7. The molecule has 0 fully saturated rings. The molecule has 0 spiro atoms. The number of aromatic nitrogens is 3. The Balaban J connectivity index is 1.74. The van der Waals surface area contributed by atoms with Crippen molar-refractivity contribution < 1.29 is 14.5 Å². The number of carbonyl (C=O) groups excluding carboxylic acids is 1. The molecule has 0 radical (unpaired) electrons. The Morgan fingerprint density at radius 3 is 2.69 bits per heavy atom. The van der Waals surface area contributed by atoms with E-state index in [-0.39, 0.29) is 12.3 Å². The monoisotopic (exact) mass is 372 g/mol. The number of thiazole rings is 1. The second-order valence-electron chi connectivity index (χ2n) is 5.62. The van der Waals surface area contributed by atoms with E-state index in [1.165, 1.54) is 28.2 Å². The van der Waals surface area contributed by atoms with Crippen molar-refractivity contribution in [3.63, 3.8) is 0 Å². The van der Waals surface area contributed by atoms with Crippen LogP contribution in [0.1, 0.15) is 20.9 Å². The molecular formula is C17H16N4O4S. The van der Waals surface area contributed by atoms with E-state index in [0.717, 1.165) is 10.6 Å². The van der Waals surface area contributed by atoms with Crippen LogP contribution in [0.2, 0.25) is 0 Å². The summed E-state index contributed by atoms with van der Waals surface area (Å²) < 4.78 is 6.89. The molecule has 0 saturated heterocycles. The maximum absolute atomic E-state index is 12.4. The molecular weight excluding hydrogens is 356 g/mol. The van der Waals surface area contributed by atoms with Crippen LogP contribution in [0.3, 0.4) is 0 Å². The molecule has 0 saturated carbocycles. The van der Waals surface area contributed by atoms with Crippen molar-refractivity contribution in [2.45, 2.75) is 13.3 Å². The zero-order valence-electron chi connectivity index (χ0n) is 14.2. The third-order valence-electron chi connectivity index (χ3n) is 3.81. The topological polar surface area (TPSA) is 100 Å². The largest absolute Gasteiger partial charge is 0.462 e. The summed E-state index contributed by atoms with van der Waals surface area (Å²) >= 11 is 1.53. The molecule has 0 atom stereocenters. The number of carbonyl (C=O) groups is 1. The first-order chi connectivity index (χ1) is 12.5. The van der Waals surface area contributed by atoms with E-state index in [4.69, 9.17) is 4.74 Å². The lowest BCUT2D eigenvalue weighted by atomic mass is 10.1. The summed E-state index contributed by atoms with van der Waals surface area (Å²) in [4.78, 5) is 28.0. The van der Waals surface area contributed by atoms with Crippen molar-refractivity contribution in [3.05, 3.63) is 62.2 Å². The smallest absolute Gasteiger partial charge is 0.342 e. The van der Waals surface area contributed by atoms with Crippen LogP contribution < -0.4 is 0 Å². The van der Waals surface area contributed by atoms with Crippen LogP contribution in [0.5, 0.6) is 0 Å². The highest BCUT2D eigenvalue weighted by Crippen LogP contribution is 2.25. The van der Waals surface area contributed by atoms with Gasteiger partial charge in [0.15, 0.2) is 0 Å². The first kappa shape index (κ1) is 17.7. The summed E-state index contributed by atoms with van der Waals surface area (Å²) in [6, 6.07) is 5.90. The number of aryl methyl sites for hydroxylation is 2. The molecule has 26 heavy (non-hydrogen) atoms. The van der Waals surface area contributed by atoms with Gasteiger partial charge in [-0.2, -0.15) is 5.10 Å². The zero-order valence-corrected chi connectivity index (χ0v) is 15.0. The molecule has 3 rings (SSSR count). The lowest BCUT2D eigenvalue weighted by Crippen LogP contribution is -2.08. The van der Waals surface area contributed by atoms with Crippen molar-refractivity contribution in [1.82, 2.24) is 14.8 Å². The van der Waals surface area contributed by atoms with Crippen LogP contribution in [0.15, 0.2) is 36.0 Å². The van der Waals surface area contributed by atoms with E-state index in [2.05, 4.69) is 10.1 Å². The number of nitrogens with zero attached hydrogens (tertiary/aromatic N) is 4. The van der Waals surface area contributed by atoms with Crippen LogP contribution >= 0.6 is 11.3 Å². The number of ether oxygens (including phenoxy) is 1. The van der Waals surface area contributed by atoms with Crippen molar-refractivity contribution >= 4 is 23.0 Å². The Morgan fingerprint density at radius 2 is 2.08 bits per heavy atom. The summed E-state index contributed by atoms with van der Waals surface area (Å²) in [6.07, 6.45) is 2.19. The fraction of sp³-hybridized carbons (Fsp3) is 0.235. The molecule has 2 aromatic heterocycles. The summed E-state index contributed by atoms with van der Waals surface area (Å²) in [5, 5.41) is 15.1. The molecule has 3 aromatic rings. The molecule has 134 valence electrons. The van der Waals surface area contributed by atoms with Gasteiger partial charge < -0.3 is 4.74 Å². The van der Waals surface area contributed by atoms with Gasteiger partial charge in [-0.05, 0) is 19.1 Å². The predicted octanol–water partition coefficient (Wildman–Crippen LogP) is 3.16. The van der Waals surface area contributed by atoms with Gasteiger partial charge in [0.05, 0.1) is 22.7 Å². The molecule has 0 amide bonds. The van der Waals surface area contributed by atoms with E-state index in [1.54, 1.807) is 30.9 Å². The number of nitro groups is 1. The van der Waals surface area contributed by atoms with Crippen molar-refractivity contribution in [2.75, 3.05) is 6.61 Å². The highest BCUT2D eigenvalue weighted by molar-refractivity contribution is 7.09. The fourth-order valence-corrected chi connectivity index (χ4v) is 3.23. The minimum atomic E-state index is -0.478. The van der Waals surface area contributed by atoms with Crippen molar-refractivity contribution in [3.8, 4) is 11.3 Å². The molecule has 9 heteroatoms. The van der Waals surface area contributed by atoms with Crippen LogP contribution in [0.4, 0.5) is 5.69 Å². The normalized spacial score (nSPS) is 10.7. The molecule has 8 nitrogen and oxygen atoms in total. The van der Waals surface area contributed by atoms with E-state index in [0.29, 0.717) is 23.2 Å².